The van der Waals surface area contributed by atoms with Gasteiger partial charge in [0.2, 0.25) is 0 Å². The van der Waals surface area contributed by atoms with Crippen LogP contribution in [0.25, 0.3) is 11.1 Å². The normalized spacial score (nSPS) is 11.7. The van der Waals surface area contributed by atoms with Crippen LogP contribution in [0, 0.1) is 0 Å². The third kappa shape index (κ3) is 7.76. The van der Waals surface area contributed by atoms with Crippen LogP contribution in [-0.2, 0) is 20.6 Å². The Morgan fingerprint density at radius 2 is 1.57 bits per heavy atom. The van der Waals surface area contributed by atoms with E-state index < -0.39 is 29.8 Å². The Kier molecular flexibility index (Phi) is 8.78. The average molecular weight is 507 g/mol. The first-order chi connectivity index (χ1) is 17.6. The average Bonchev–Trinajstić information content (AvgIpc) is 2.87. The number of ether oxygens (including phenoxy) is 3. The molecule has 0 aliphatic heterocycles. The van der Waals surface area contributed by atoms with Gasteiger partial charge in [-0.2, -0.15) is 5.10 Å². The topological polar surface area (TPSA) is 129 Å². The van der Waals surface area contributed by atoms with E-state index in [2.05, 4.69) is 25.6 Å². The molecular weight excluding hydrogens is 476 g/mol. The molecule has 1 unspecified atom stereocenters. The van der Waals surface area contributed by atoms with Gasteiger partial charge in [0.05, 0.1) is 26.0 Å². The number of carbonyl (C=O) groups excluding carboxylic acids is 3. The van der Waals surface area contributed by atoms with Crippen molar-refractivity contribution in [1.29, 1.82) is 0 Å². The van der Waals surface area contributed by atoms with Crippen molar-refractivity contribution in [2.24, 2.45) is 0 Å². The van der Waals surface area contributed by atoms with Crippen LogP contribution in [0.5, 0.6) is 0 Å². The number of rotatable bonds is 7. The number of esters is 1. The second-order valence-electron chi connectivity index (χ2n) is 9.11. The Morgan fingerprint density at radius 1 is 0.892 bits per heavy atom. The van der Waals surface area contributed by atoms with Crippen LogP contribution in [0.15, 0.2) is 60.7 Å². The molecule has 0 saturated heterocycles. The minimum atomic E-state index is -0.688. The third-order valence-electron chi connectivity index (χ3n) is 5.15. The fourth-order valence-electron chi connectivity index (χ4n) is 3.48. The number of alkyl carbamates (subject to hydrolysis) is 1. The van der Waals surface area contributed by atoms with Gasteiger partial charge in [0.25, 0.3) is 0 Å². The molecule has 1 aromatic heterocycles. The largest absolute Gasteiger partial charge is 0.464 e. The van der Waals surface area contributed by atoms with E-state index in [4.69, 9.17) is 9.47 Å². The second-order valence-corrected chi connectivity index (χ2v) is 9.11. The number of hydrogen-bond donors (Lipinski definition) is 2. The first kappa shape index (κ1) is 27.1. The van der Waals surface area contributed by atoms with Crippen molar-refractivity contribution in [2.45, 2.75) is 38.8 Å². The zero-order chi connectivity index (χ0) is 27.0. The molecule has 10 nitrogen and oxygen atoms in total. The third-order valence-corrected chi connectivity index (χ3v) is 5.15. The van der Waals surface area contributed by atoms with Gasteiger partial charge in [-0.25, -0.2) is 14.4 Å². The highest BCUT2D eigenvalue weighted by Crippen LogP contribution is 2.28. The lowest BCUT2D eigenvalue weighted by Gasteiger charge is -2.24. The van der Waals surface area contributed by atoms with E-state index in [0.717, 1.165) is 5.56 Å². The van der Waals surface area contributed by atoms with E-state index in [1.54, 1.807) is 51.1 Å². The minimum Gasteiger partial charge on any atom is -0.464 e. The summed E-state index contributed by atoms with van der Waals surface area (Å²) in [5, 5.41) is 13.9. The first-order valence-corrected chi connectivity index (χ1v) is 11.5. The van der Waals surface area contributed by atoms with Crippen molar-refractivity contribution >= 4 is 23.8 Å². The summed E-state index contributed by atoms with van der Waals surface area (Å²) in [6.45, 7) is 5.34. The summed E-state index contributed by atoms with van der Waals surface area (Å²) in [6.07, 6.45) is -0.798. The van der Waals surface area contributed by atoms with Gasteiger partial charge in [-0.05, 0) is 56.5 Å². The molecule has 2 aromatic carbocycles. The monoisotopic (exact) mass is 506 g/mol. The van der Waals surface area contributed by atoms with Crippen molar-refractivity contribution in [3.63, 3.8) is 0 Å². The van der Waals surface area contributed by atoms with Crippen molar-refractivity contribution in [3.8, 4) is 11.1 Å². The summed E-state index contributed by atoms with van der Waals surface area (Å²) in [6, 6.07) is 17.4. The van der Waals surface area contributed by atoms with E-state index in [-0.39, 0.29) is 5.69 Å². The summed E-state index contributed by atoms with van der Waals surface area (Å²) >= 11 is 0. The first-order valence-electron chi connectivity index (χ1n) is 11.5. The Hall–Kier alpha value is -4.47. The lowest BCUT2D eigenvalue weighted by atomic mass is 9.98. The highest BCUT2D eigenvalue weighted by molar-refractivity contribution is 5.95. The van der Waals surface area contributed by atoms with Crippen LogP contribution in [0.3, 0.4) is 0 Å². The maximum atomic E-state index is 12.7. The molecule has 1 atom stereocenters. The van der Waals surface area contributed by atoms with Crippen LogP contribution >= 0.6 is 0 Å². The molecule has 0 bridgehead atoms. The molecule has 2 amide bonds. The van der Waals surface area contributed by atoms with Crippen molar-refractivity contribution in [1.82, 2.24) is 15.5 Å². The molecular formula is C27H30N4O6. The lowest BCUT2D eigenvalue weighted by Crippen LogP contribution is -2.36. The highest BCUT2D eigenvalue weighted by atomic mass is 16.6. The Morgan fingerprint density at radius 3 is 2.16 bits per heavy atom. The molecule has 1 heterocycles. The summed E-state index contributed by atoms with van der Waals surface area (Å²) in [5.41, 5.74) is 2.29. The Bertz CT molecular complexity index is 1240. The van der Waals surface area contributed by atoms with Gasteiger partial charge in [0.15, 0.2) is 5.69 Å². The van der Waals surface area contributed by atoms with Crippen LogP contribution < -0.4 is 10.6 Å². The summed E-state index contributed by atoms with van der Waals surface area (Å²) < 4.78 is 15.0. The molecule has 3 aromatic rings. The zero-order valence-electron chi connectivity index (χ0n) is 21.4. The molecule has 2 N–H and O–H groups in total. The fraction of sp³-hybridized carbons (Fsp3) is 0.296. The Balaban J connectivity index is 2.02. The molecule has 0 aliphatic carbocycles. The molecule has 0 fully saturated rings. The maximum absolute atomic E-state index is 12.7. The Labute approximate surface area is 215 Å². The van der Waals surface area contributed by atoms with Crippen molar-refractivity contribution in [2.75, 3.05) is 19.5 Å². The molecule has 37 heavy (non-hydrogen) atoms. The van der Waals surface area contributed by atoms with Crippen LogP contribution in [-0.4, -0.2) is 48.2 Å². The molecule has 3 rings (SSSR count). The molecule has 0 radical (unpaired) electrons. The maximum Gasteiger partial charge on any atom is 0.411 e. The van der Waals surface area contributed by atoms with Gasteiger partial charge in [-0.3, -0.25) is 5.32 Å². The van der Waals surface area contributed by atoms with E-state index >= 15 is 0 Å². The molecule has 194 valence electrons. The van der Waals surface area contributed by atoms with Crippen molar-refractivity contribution in [3.05, 3.63) is 77.6 Å². The SMILES string of the molecule is COC(=O)Nc1ccc(-c2cc(C(Cc3ccccc3)NC(=O)OC(C)(C)C)nnc2C(=O)OC)cc1. The number of hydrogen-bond acceptors (Lipinski definition) is 8. The minimum absolute atomic E-state index is 0.00987. The number of aromatic nitrogens is 2. The highest BCUT2D eigenvalue weighted by Gasteiger charge is 2.25. The summed E-state index contributed by atoms with van der Waals surface area (Å²) in [7, 11) is 2.53. The van der Waals surface area contributed by atoms with Crippen LogP contribution in [0.1, 0.15) is 48.6 Å². The molecule has 0 aliphatic rings. The quantitative estimate of drug-likeness (QED) is 0.341. The van der Waals surface area contributed by atoms with E-state index in [1.165, 1.54) is 14.2 Å². The lowest BCUT2D eigenvalue weighted by molar-refractivity contribution is 0.0500. The standard InChI is InChI=1S/C27H30N4O6/c1-27(2,3)37-26(34)29-21(15-17-9-7-6-8-10-17)22-16-20(23(31-30-22)24(32)35-4)18-11-13-19(14-12-18)28-25(33)36-5/h6-14,16,21H,15H2,1-5H3,(H,28,33)(H,29,34). The van der Waals surface area contributed by atoms with Gasteiger partial charge in [-0.1, -0.05) is 42.5 Å². The number of methoxy groups -OCH3 is 2. The van der Waals surface area contributed by atoms with Gasteiger partial charge in [0.1, 0.15) is 5.60 Å². The van der Waals surface area contributed by atoms with Gasteiger partial charge in [0, 0.05) is 11.3 Å². The number of amides is 2. The predicted octanol–water partition coefficient (Wildman–Crippen LogP) is 4.92. The van der Waals surface area contributed by atoms with Crippen molar-refractivity contribution < 1.29 is 28.6 Å². The van der Waals surface area contributed by atoms with E-state index in [0.29, 0.717) is 28.9 Å². The van der Waals surface area contributed by atoms with E-state index in [9.17, 15) is 14.4 Å². The zero-order valence-corrected chi connectivity index (χ0v) is 21.4. The van der Waals surface area contributed by atoms with Gasteiger partial charge >= 0.3 is 18.2 Å². The molecule has 0 saturated carbocycles. The summed E-state index contributed by atoms with van der Waals surface area (Å²) in [4.78, 5) is 36.6. The van der Waals surface area contributed by atoms with Crippen LogP contribution in [0.2, 0.25) is 0 Å². The van der Waals surface area contributed by atoms with Gasteiger partial charge in [-0.15, -0.1) is 5.10 Å². The number of carbonyl (C=O) groups is 3. The molecule has 0 spiro atoms. The predicted molar refractivity (Wildman–Crippen MR) is 137 cm³/mol. The smallest absolute Gasteiger partial charge is 0.411 e. The van der Waals surface area contributed by atoms with Gasteiger partial charge < -0.3 is 19.5 Å². The number of anilines is 1. The fourth-order valence-corrected chi connectivity index (χ4v) is 3.48. The second kappa shape index (κ2) is 12.0. The number of nitrogens with zero attached hydrogens (tertiary/aromatic N) is 2. The van der Waals surface area contributed by atoms with E-state index in [1.807, 2.05) is 30.3 Å². The summed E-state index contributed by atoms with van der Waals surface area (Å²) in [5.74, 6) is -0.662. The number of nitrogens with one attached hydrogen (secondary N) is 2. The molecule has 10 heteroatoms. The number of benzene rings is 2. The van der Waals surface area contributed by atoms with Crippen LogP contribution in [0.4, 0.5) is 15.3 Å².